The van der Waals surface area contributed by atoms with E-state index in [1.165, 1.54) is 17.2 Å². The van der Waals surface area contributed by atoms with Gasteiger partial charge in [0.1, 0.15) is 41.3 Å². The molecule has 4 rings (SSSR count). The number of piperazine rings is 1. The first-order valence-corrected chi connectivity index (χ1v) is 12.4. The number of carbonyl (C=O) groups is 3. The smallest absolute Gasteiger partial charge is 0.328 e. The second kappa shape index (κ2) is 12.0. The van der Waals surface area contributed by atoms with Crippen LogP contribution in [-0.2, 0) is 22.5 Å². The van der Waals surface area contributed by atoms with Crippen LogP contribution in [0.25, 0.3) is 0 Å². The summed E-state index contributed by atoms with van der Waals surface area (Å²) in [5.41, 5.74) is 1.93. The average Bonchev–Trinajstić information content (AvgIpc) is 2.90. The Morgan fingerprint density at radius 1 is 1.32 bits per heavy atom. The fraction of sp³-hybridized carbons (Fsp3) is 0.462. The number of likely N-dealkylation sites (N-methyl/N-ethyl adjacent to an activating group) is 1. The molecule has 38 heavy (non-hydrogen) atoms. The van der Waals surface area contributed by atoms with E-state index in [9.17, 15) is 19.6 Å². The van der Waals surface area contributed by atoms with Crippen molar-refractivity contribution in [3.8, 4) is 11.8 Å². The van der Waals surface area contributed by atoms with Gasteiger partial charge in [0.2, 0.25) is 5.91 Å². The minimum Gasteiger partial charge on any atom is -0.490 e. The van der Waals surface area contributed by atoms with Crippen LogP contribution >= 0.6 is 0 Å². The zero-order valence-corrected chi connectivity index (χ0v) is 21.8. The normalized spacial score (nSPS) is 17.5. The number of ether oxygens (including phenoxy) is 2. The second-order valence-electron chi connectivity index (χ2n) is 9.39. The summed E-state index contributed by atoms with van der Waals surface area (Å²) in [6.45, 7) is 4.45. The van der Waals surface area contributed by atoms with Crippen molar-refractivity contribution in [3.05, 3.63) is 40.7 Å². The molecule has 1 N–H and O–H groups in total. The van der Waals surface area contributed by atoms with Crippen LogP contribution in [0.3, 0.4) is 0 Å². The number of aldehydes is 1. The van der Waals surface area contributed by atoms with E-state index in [0.29, 0.717) is 56.8 Å². The third-order valence-electron chi connectivity index (χ3n) is 6.66. The van der Waals surface area contributed by atoms with Gasteiger partial charge in [0, 0.05) is 44.4 Å². The van der Waals surface area contributed by atoms with Gasteiger partial charge in [0.25, 0.3) is 0 Å². The quantitative estimate of drug-likeness (QED) is 0.407. The van der Waals surface area contributed by atoms with Gasteiger partial charge in [-0.3, -0.25) is 24.7 Å². The van der Waals surface area contributed by atoms with E-state index in [4.69, 9.17) is 9.47 Å². The summed E-state index contributed by atoms with van der Waals surface area (Å²) >= 11 is 0. The molecular formula is C26H31N7O5. The lowest BCUT2D eigenvalue weighted by atomic mass is 9.97. The number of hydrogen-bond acceptors (Lipinski definition) is 9. The van der Waals surface area contributed by atoms with E-state index in [1.807, 2.05) is 31.0 Å². The van der Waals surface area contributed by atoms with Crippen LogP contribution in [-0.4, -0.2) is 91.0 Å². The van der Waals surface area contributed by atoms with Crippen molar-refractivity contribution < 1.29 is 23.9 Å². The Balaban J connectivity index is 1.57. The molecule has 2 aliphatic rings. The molecule has 2 aromatic heterocycles. The number of fused-ring (bicyclic) bond motifs is 1. The maximum atomic E-state index is 13.4. The number of methoxy groups -OCH3 is 1. The van der Waals surface area contributed by atoms with Gasteiger partial charge in [-0.1, -0.05) is 0 Å². The summed E-state index contributed by atoms with van der Waals surface area (Å²) in [6, 6.07) is 4.73. The number of nitriles is 1. The second-order valence-corrected chi connectivity index (χ2v) is 9.39. The molecule has 1 unspecified atom stereocenters. The molecule has 0 saturated carbocycles. The minimum atomic E-state index is -0.468. The molecular weight excluding hydrogens is 490 g/mol. The largest absolute Gasteiger partial charge is 0.490 e. The fourth-order valence-electron chi connectivity index (χ4n) is 4.54. The molecule has 200 valence electrons. The van der Waals surface area contributed by atoms with Crippen molar-refractivity contribution in [2.75, 3.05) is 57.2 Å². The molecule has 0 bridgehead atoms. The summed E-state index contributed by atoms with van der Waals surface area (Å²) in [6.07, 6.45) is 3.38. The lowest BCUT2D eigenvalue weighted by Gasteiger charge is -2.35. The Morgan fingerprint density at radius 3 is 2.84 bits per heavy atom. The highest BCUT2D eigenvalue weighted by atomic mass is 16.5. The first-order valence-electron chi connectivity index (χ1n) is 12.4. The number of rotatable bonds is 8. The molecule has 12 heteroatoms. The van der Waals surface area contributed by atoms with Gasteiger partial charge in [-0.25, -0.2) is 14.8 Å². The maximum Gasteiger partial charge on any atom is 0.328 e. The van der Waals surface area contributed by atoms with Gasteiger partial charge in [-0.2, -0.15) is 5.26 Å². The maximum absolute atomic E-state index is 13.4. The summed E-state index contributed by atoms with van der Waals surface area (Å²) < 4.78 is 10.6. The van der Waals surface area contributed by atoms with Gasteiger partial charge >= 0.3 is 6.03 Å². The highest BCUT2D eigenvalue weighted by Crippen LogP contribution is 2.32. The van der Waals surface area contributed by atoms with Crippen LogP contribution in [0.15, 0.2) is 18.3 Å². The van der Waals surface area contributed by atoms with E-state index in [1.54, 1.807) is 12.0 Å². The first kappa shape index (κ1) is 27.0. The number of aryl methyl sites for hydroxylation is 1. The van der Waals surface area contributed by atoms with E-state index in [2.05, 4.69) is 15.3 Å². The Labute approximate surface area is 221 Å². The number of amides is 3. The first-order chi connectivity index (χ1) is 18.3. The number of anilines is 2. The lowest BCUT2D eigenvalue weighted by Crippen LogP contribution is -2.48. The van der Waals surface area contributed by atoms with Crippen LogP contribution in [0.1, 0.15) is 40.5 Å². The average molecular weight is 522 g/mol. The van der Waals surface area contributed by atoms with Crippen molar-refractivity contribution in [3.63, 3.8) is 0 Å². The third kappa shape index (κ3) is 5.90. The van der Waals surface area contributed by atoms with Crippen LogP contribution in [0.4, 0.5) is 16.4 Å². The predicted octanol–water partition coefficient (Wildman–Crippen LogP) is 1.83. The molecule has 0 aromatic carbocycles. The minimum absolute atomic E-state index is 0.00318. The van der Waals surface area contributed by atoms with Crippen molar-refractivity contribution in [1.29, 1.82) is 5.26 Å². The number of nitrogens with zero attached hydrogens (tertiary/aromatic N) is 6. The fourth-order valence-corrected chi connectivity index (χ4v) is 4.54. The van der Waals surface area contributed by atoms with Gasteiger partial charge < -0.3 is 14.4 Å². The van der Waals surface area contributed by atoms with E-state index >= 15 is 0 Å². The molecule has 1 saturated heterocycles. The van der Waals surface area contributed by atoms with Crippen molar-refractivity contribution in [2.24, 2.45) is 0 Å². The molecule has 2 aliphatic heterocycles. The standard InChI is InChI=1S/C26H31N7O5/c1-17-4-5-18-10-19(14-32-7-6-31(2)15-24(32)35)21(16-34)29-25(18)33(17)26(36)30-23-11-22(38-9-8-37-3)20(12-27)13-28-23/h10-11,13,16-17H,4-9,14-15H2,1-3H3,(H,28,30,36). The highest BCUT2D eigenvalue weighted by molar-refractivity contribution is 6.02. The van der Waals surface area contributed by atoms with Crippen LogP contribution < -0.4 is 15.0 Å². The number of nitrogens with one attached hydrogen (secondary N) is 1. The van der Waals surface area contributed by atoms with Crippen LogP contribution in [0.5, 0.6) is 5.75 Å². The van der Waals surface area contributed by atoms with Crippen LogP contribution in [0.2, 0.25) is 0 Å². The number of aromatic nitrogens is 2. The number of urea groups is 1. The molecule has 0 radical (unpaired) electrons. The Hall–Kier alpha value is -4.08. The predicted molar refractivity (Wildman–Crippen MR) is 138 cm³/mol. The topological polar surface area (TPSA) is 141 Å². The summed E-state index contributed by atoms with van der Waals surface area (Å²) in [4.78, 5) is 51.8. The molecule has 0 aliphatic carbocycles. The van der Waals surface area contributed by atoms with Crippen molar-refractivity contribution in [1.82, 2.24) is 19.8 Å². The van der Waals surface area contributed by atoms with Crippen molar-refractivity contribution >= 4 is 29.9 Å². The monoisotopic (exact) mass is 521 g/mol. The lowest BCUT2D eigenvalue weighted by molar-refractivity contribution is -0.136. The van der Waals surface area contributed by atoms with Gasteiger partial charge in [0.05, 0.1) is 19.3 Å². The summed E-state index contributed by atoms with van der Waals surface area (Å²) in [5, 5.41) is 12.1. The Bertz CT molecular complexity index is 1260. The number of hydrogen-bond donors (Lipinski definition) is 1. The summed E-state index contributed by atoms with van der Waals surface area (Å²) in [7, 11) is 3.44. The molecule has 4 heterocycles. The Morgan fingerprint density at radius 2 is 2.13 bits per heavy atom. The molecule has 12 nitrogen and oxygen atoms in total. The van der Waals surface area contributed by atoms with E-state index in [0.717, 1.165) is 12.1 Å². The van der Waals surface area contributed by atoms with Gasteiger partial charge in [-0.05, 0) is 38.4 Å². The third-order valence-corrected chi connectivity index (χ3v) is 6.66. The van der Waals surface area contributed by atoms with Crippen LogP contribution in [0, 0.1) is 11.3 Å². The number of carbonyl (C=O) groups excluding carboxylic acids is 3. The highest BCUT2D eigenvalue weighted by Gasteiger charge is 2.32. The molecule has 2 aromatic rings. The molecule has 3 amide bonds. The van der Waals surface area contributed by atoms with E-state index < -0.39 is 6.03 Å². The van der Waals surface area contributed by atoms with Gasteiger partial charge in [-0.15, -0.1) is 0 Å². The number of pyridine rings is 2. The molecule has 1 fully saturated rings. The van der Waals surface area contributed by atoms with Crippen molar-refractivity contribution in [2.45, 2.75) is 32.4 Å². The van der Waals surface area contributed by atoms with E-state index in [-0.39, 0.29) is 41.4 Å². The van der Waals surface area contributed by atoms with Gasteiger partial charge in [0.15, 0.2) is 6.29 Å². The Kier molecular flexibility index (Phi) is 8.50. The zero-order chi connectivity index (χ0) is 27.2. The molecule has 1 atom stereocenters. The SMILES string of the molecule is COCCOc1cc(NC(=O)N2c3nc(C=O)c(CN4CCN(C)CC4=O)cc3CCC2C)ncc1C#N. The summed E-state index contributed by atoms with van der Waals surface area (Å²) in [5.74, 6) is 0.901. The zero-order valence-electron chi connectivity index (χ0n) is 21.8. The molecule has 0 spiro atoms.